The Bertz CT molecular complexity index is 940. The number of anilines is 2. The number of aryl methyl sites for hydroxylation is 1. The van der Waals surface area contributed by atoms with Crippen molar-refractivity contribution in [2.45, 2.75) is 39.5 Å². The molecule has 0 radical (unpaired) electrons. The number of amides is 2. The molecule has 1 N–H and O–H groups in total. The highest BCUT2D eigenvalue weighted by molar-refractivity contribution is 6.00. The smallest absolute Gasteiger partial charge is 0.311 e. The molecule has 1 heterocycles. The Morgan fingerprint density at radius 1 is 1.17 bits per heavy atom. The van der Waals surface area contributed by atoms with E-state index in [0.29, 0.717) is 11.6 Å². The van der Waals surface area contributed by atoms with Crippen molar-refractivity contribution in [2.24, 2.45) is 5.92 Å². The van der Waals surface area contributed by atoms with Crippen molar-refractivity contribution in [3.63, 3.8) is 0 Å². The van der Waals surface area contributed by atoms with E-state index in [-0.39, 0.29) is 25.5 Å². The van der Waals surface area contributed by atoms with Gasteiger partial charge in [0.25, 0.3) is 5.91 Å². The average Bonchev–Trinajstić information content (AvgIpc) is 3.14. The van der Waals surface area contributed by atoms with E-state index in [1.807, 2.05) is 49.4 Å². The summed E-state index contributed by atoms with van der Waals surface area (Å²) in [6.07, 6.45) is 1.05. The van der Waals surface area contributed by atoms with Crippen LogP contribution in [0.15, 0.2) is 48.5 Å². The summed E-state index contributed by atoms with van der Waals surface area (Å²) in [7, 11) is 0. The quantitative estimate of drug-likeness (QED) is 0.702. The van der Waals surface area contributed by atoms with E-state index in [0.717, 1.165) is 23.2 Å². The third-order valence-corrected chi connectivity index (χ3v) is 5.59. The largest absolute Gasteiger partial charge is 0.455 e. The number of hydrogen-bond acceptors (Lipinski definition) is 4. The molecule has 0 saturated carbocycles. The Kier molecular flexibility index (Phi) is 6.87. The molecule has 0 aliphatic carbocycles. The molecule has 0 bridgehead atoms. The van der Waals surface area contributed by atoms with Crippen LogP contribution in [0.25, 0.3) is 0 Å². The van der Waals surface area contributed by atoms with Gasteiger partial charge in [0.2, 0.25) is 5.91 Å². The average molecular weight is 408 g/mol. The number of hydrogen-bond donors (Lipinski definition) is 1. The number of rotatable bonds is 7. The summed E-state index contributed by atoms with van der Waals surface area (Å²) in [5.41, 5.74) is 3.56. The number of carbonyl (C=O) groups is 3. The van der Waals surface area contributed by atoms with E-state index in [1.165, 1.54) is 0 Å². The monoisotopic (exact) mass is 408 g/mol. The van der Waals surface area contributed by atoms with Crippen LogP contribution < -0.4 is 10.2 Å². The maximum absolute atomic E-state index is 12.6. The van der Waals surface area contributed by atoms with Crippen LogP contribution in [0.2, 0.25) is 0 Å². The van der Waals surface area contributed by atoms with Crippen LogP contribution in [0.5, 0.6) is 0 Å². The lowest BCUT2D eigenvalue weighted by Crippen LogP contribution is -2.29. The zero-order chi connectivity index (χ0) is 21.7. The van der Waals surface area contributed by atoms with Gasteiger partial charge in [-0.2, -0.15) is 0 Å². The van der Waals surface area contributed by atoms with E-state index in [9.17, 15) is 14.4 Å². The molecule has 2 amide bonds. The van der Waals surface area contributed by atoms with Crippen molar-refractivity contribution in [3.8, 4) is 0 Å². The first-order chi connectivity index (χ1) is 14.4. The predicted octanol–water partition coefficient (Wildman–Crippen LogP) is 4.04. The minimum atomic E-state index is -0.575. The molecule has 1 aliphatic heterocycles. The molecule has 1 fully saturated rings. The molecule has 1 aliphatic rings. The third-order valence-electron chi connectivity index (χ3n) is 5.59. The molecule has 2 aromatic carbocycles. The summed E-state index contributed by atoms with van der Waals surface area (Å²) in [5.74, 6) is -1.29. The first-order valence-corrected chi connectivity index (χ1v) is 10.3. The molecule has 2 atom stereocenters. The van der Waals surface area contributed by atoms with E-state index >= 15 is 0 Å². The number of esters is 1. The molecule has 0 unspecified atom stereocenters. The molecule has 6 nitrogen and oxygen atoms in total. The molecule has 2 aromatic rings. The highest BCUT2D eigenvalue weighted by Gasteiger charge is 2.37. The fraction of sp³-hybridized carbons (Fsp3) is 0.375. The van der Waals surface area contributed by atoms with E-state index in [4.69, 9.17) is 4.74 Å². The van der Waals surface area contributed by atoms with Crippen LogP contribution in [-0.2, 0) is 19.1 Å². The zero-order valence-electron chi connectivity index (χ0n) is 17.7. The minimum absolute atomic E-state index is 0.0904. The zero-order valence-corrected chi connectivity index (χ0v) is 17.7. The predicted molar refractivity (Wildman–Crippen MR) is 116 cm³/mol. The van der Waals surface area contributed by atoms with E-state index in [1.54, 1.807) is 11.0 Å². The fourth-order valence-corrected chi connectivity index (χ4v) is 3.62. The van der Waals surface area contributed by atoms with Crippen LogP contribution in [0.4, 0.5) is 11.4 Å². The second-order valence-corrected chi connectivity index (χ2v) is 7.74. The molecular formula is C24H28N2O4. The Labute approximate surface area is 177 Å². The number of nitrogens with zero attached hydrogens (tertiary/aromatic N) is 1. The summed E-state index contributed by atoms with van der Waals surface area (Å²) < 4.78 is 5.20. The van der Waals surface area contributed by atoms with Crippen molar-refractivity contribution in [1.82, 2.24) is 0 Å². The van der Waals surface area contributed by atoms with Gasteiger partial charge in [-0.15, -0.1) is 0 Å². The lowest BCUT2D eigenvalue weighted by Gasteiger charge is -2.23. The summed E-state index contributed by atoms with van der Waals surface area (Å²) in [5, 5.41) is 2.73. The Morgan fingerprint density at radius 2 is 1.87 bits per heavy atom. The summed E-state index contributed by atoms with van der Waals surface area (Å²) in [6, 6.07) is 15.2. The standard InChI is InChI=1S/C24H28N2O4/c1-4-16(2)19-10-6-8-12-21(19)26-14-18(13-23(26)28)24(29)30-15-22(27)25-20-11-7-5-9-17(20)3/h5-12,16,18H,4,13-15H2,1-3H3,(H,25,27)/t16-,18+/m1/s1. The van der Waals surface area contributed by atoms with Gasteiger partial charge in [0.05, 0.1) is 5.92 Å². The normalized spacial score (nSPS) is 17.0. The lowest BCUT2D eigenvalue weighted by molar-refractivity contribution is -0.151. The number of para-hydroxylation sites is 2. The van der Waals surface area contributed by atoms with Gasteiger partial charge in [0.15, 0.2) is 6.61 Å². The molecule has 158 valence electrons. The second-order valence-electron chi connectivity index (χ2n) is 7.74. The molecule has 0 aromatic heterocycles. The van der Waals surface area contributed by atoms with Gasteiger partial charge in [-0.05, 0) is 42.5 Å². The first-order valence-electron chi connectivity index (χ1n) is 10.3. The molecule has 6 heteroatoms. The molecular weight excluding hydrogens is 380 g/mol. The van der Waals surface area contributed by atoms with Crippen molar-refractivity contribution in [1.29, 1.82) is 0 Å². The van der Waals surface area contributed by atoms with Crippen molar-refractivity contribution < 1.29 is 19.1 Å². The molecule has 3 rings (SSSR count). The Balaban J connectivity index is 1.59. The Hall–Kier alpha value is -3.15. The van der Waals surface area contributed by atoms with Crippen LogP contribution in [-0.4, -0.2) is 30.9 Å². The molecule has 1 saturated heterocycles. The van der Waals surface area contributed by atoms with Crippen LogP contribution >= 0.6 is 0 Å². The van der Waals surface area contributed by atoms with Gasteiger partial charge in [-0.25, -0.2) is 0 Å². The number of carbonyl (C=O) groups excluding carboxylic acids is 3. The van der Waals surface area contributed by atoms with Gasteiger partial charge in [-0.3, -0.25) is 14.4 Å². The molecule has 30 heavy (non-hydrogen) atoms. The van der Waals surface area contributed by atoms with E-state index < -0.39 is 17.8 Å². The number of nitrogens with one attached hydrogen (secondary N) is 1. The third kappa shape index (κ3) is 4.87. The van der Waals surface area contributed by atoms with Gasteiger partial charge in [-0.1, -0.05) is 50.2 Å². The summed E-state index contributed by atoms with van der Waals surface area (Å²) >= 11 is 0. The van der Waals surface area contributed by atoms with Gasteiger partial charge >= 0.3 is 5.97 Å². The highest BCUT2D eigenvalue weighted by atomic mass is 16.5. The second kappa shape index (κ2) is 9.57. The van der Waals surface area contributed by atoms with Crippen LogP contribution in [0, 0.1) is 12.8 Å². The molecule has 0 spiro atoms. The first kappa shape index (κ1) is 21.6. The van der Waals surface area contributed by atoms with Gasteiger partial charge in [0.1, 0.15) is 0 Å². The van der Waals surface area contributed by atoms with Crippen LogP contribution in [0.3, 0.4) is 0 Å². The Morgan fingerprint density at radius 3 is 2.60 bits per heavy atom. The highest BCUT2D eigenvalue weighted by Crippen LogP contribution is 2.33. The lowest BCUT2D eigenvalue weighted by atomic mass is 9.96. The minimum Gasteiger partial charge on any atom is -0.455 e. The van der Waals surface area contributed by atoms with Crippen molar-refractivity contribution in [2.75, 3.05) is 23.4 Å². The number of benzene rings is 2. The summed E-state index contributed by atoms with van der Waals surface area (Å²) in [4.78, 5) is 38.9. The van der Waals surface area contributed by atoms with Crippen LogP contribution in [0.1, 0.15) is 43.7 Å². The SMILES string of the molecule is CC[C@@H](C)c1ccccc1N1C[C@@H](C(=O)OCC(=O)Nc2ccccc2C)CC1=O. The van der Waals surface area contributed by atoms with Gasteiger partial charge in [0, 0.05) is 24.3 Å². The maximum atomic E-state index is 12.6. The number of ether oxygens (including phenoxy) is 1. The van der Waals surface area contributed by atoms with Gasteiger partial charge < -0.3 is 15.0 Å². The topological polar surface area (TPSA) is 75.7 Å². The van der Waals surface area contributed by atoms with Crippen molar-refractivity contribution >= 4 is 29.2 Å². The van der Waals surface area contributed by atoms with Crippen molar-refractivity contribution in [3.05, 3.63) is 59.7 Å². The summed E-state index contributed by atoms with van der Waals surface area (Å²) in [6.45, 7) is 6.01. The van der Waals surface area contributed by atoms with E-state index in [2.05, 4.69) is 19.2 Å². The fourth-order valence-electron chi connectivity index (χ4n) is 3.62. The maximum Gasteiger partial charge on any atom is 0.311 e.